The monoisotopic (exact) mass is 988 g/mol. The van der Waals surface area contributed by atoms with Gasteiger partial charge in [-0.1, -0.05) is 28.5 Å². The lowest BCUT2D eigenvalue weighted by molar-refractivity contribution is -0.192. The van der Waals surface area contributed by atoms with Crippen LogP contribution in [0.5, 0.6) is 0 Å². The first kappa shape index (κ1) is 56.7. The van der Waals surface area contributed by atoms with Gasteiger partial charge in [-0.2, -0.15) is 14.6 Å². The Kier molecular flexibility index (Phi) is 24.4. The van der Waals surface area contributed by atoms with Crippen LogP contribution in [0.25, 0.3) is 11.2 Å². The lowest BCUT2D eigenvalue weighted by atomic mass is 9.92. The highest BCUT2D eigenvalue weighted by molar-refractivity contribution is 8.76. The van der Waals surface area contributed by atoms with Crippen LogP contribution >= 0.6 is 21.6 Å². The number of carbonyl (C=O) groups is 8. The third-order valence-corrected chi connectivity index (χ3v) is 12.0. The van der Waals surface area contributed by atoms with Crippen LogP contribution in [0, 0.1) is 11.8 Å². The van der Waals surface area contributed by atoms with E-state index in [-0.39, 0.29) is 72.9 Å². The van der Waals surface area contributed by atoms with Crippen molar-refractivity contribution in [1.29, 1.82) is 0 Å². The van der Waals surface area contributed by atoms with Crippen molar-refractivity contribution in [3.8, 4) is 0 Å². The van der Waals surface area contributed by atoms with Crippen LogP contribution in [0.1, 0.15) is 74.8 Å². The van der Waals surface area contributed by atoms with E-state index >= 15 is 0 Å². The number of hydrogen-bond donors (Lipinski definition) is 11. The zero-order chi connectivity index (χ0) is 50.9. The number of carboxylic acids is 3. The number of aliphatic carboxylic acids is 3. The summed E-state index contributed by atoms with van der Waals surface area (Å²) in [5.74, 6) is -9.82. The van der Waals surface area contributed by atoms with Gasteiger partial charge in [-0.3, -0.25) is 48.3 Å². The van der Waals surface area contributed by atoms with E-state index in [4.69, 9.17) is 26.8 Å². The van der Waals surface area contributed by atoms with Gasteiger partial charge in [0.2, 0.25) is 17.8 Å². The van der Waals surface area contributed by atoms with E-state index in [1.165, 1.54) is 46.8 Å². The number of H-pyrrole nitrogens is 1. The number of nitrogen functional groups attached to an aromatic ring is 1. The minimum atomic E-state index is -1.60. The van der Waals surface area contributed by atoms with Crippen LogP contribution in [0.15, 0.2) is 40.2 Å². The van der Waals surface area contributed by atoms with Crippen molar-refractivity contribution in [3.05, 3.63) is 52.1 Å². The van der Waals surface area contributed by atoms with Crippen molar-refractivity contribution in [1.82, 2.24) is 35.9 Å². The molecule has 3 aromatic rings. The fraction of sp³-hybridized carbons (Fsp3) is 0.450. The van der Waals surface area contributed by atoms with E-state index in [2.05, 4.69) is 46.2 Å². The number of nitrogens with zero attached hydrogens (tertiary/aromatic N) is 4. The molecule has 0 fully saturated rings. The van der Waals surface area contributed by atoms with E-state index in [1.807, 2.05) is 6.92 Å². The molecule has 0 unspecified atom stereocenters. The summed E-state index contributed by atoms with van der Waals surface area (Å²) in [5.41, 5.74) is 16.9. The van der Waals surface area contributed by atoms with Crippen molar-refractivity contribution in [2.75, 3.05) is 29.1 Å². The fourth-order valence-electron chi connectivity index (χ4n) is 5.97. The summed E-state index contributed by atoms with van der Waals surface area (Å²) in [7, 11) is 2.63. The molecule has 0 aliphatic rings. The van der Waals surface area contributed by atoms with Gasteiger partial charge in [-0.15, -0.1) is 0 Å². The molecule has 2 heterocycles. The van der Waals surface area contributed by atoms with E-state index in [0.717, 1.165) is 0 Å². The summed E-state index contributed by atoms with van der Waals surface area (Å²) in [5, 5.41) is 39.2. The van der Waals surface area contributed by atoms with E-state index in [1.54, 1.807) is 12.1 Å². The number of aliphatic imine (C=N–C) groups is 1. The number of carboxylic acid groups (broad SMARTS) is 3. The number of rotatable bonds is 29. The number of ketones is 2. The largest absolute Gasteiger partial charge is 0.481 e. The molecule has 3 rings (SSSR count). The number of carbonyl (C=O) groups excluding carboxylic acids is 7. The lowest BCUT2D eigenvalue weighted by Gasteiger charge is -2.23. The maximum absolute atomic E-state index is 13.5. The number of nitrogens with two attached hydrogens (primary N) is 3. The van der Waals surface area contributed by atoms with Gasteiger partial charge in [0.1, 0.15) is 6.04 Å². The summed E-state index contributed by atoms with van der Waals surface area (Å²) in [6.07, 6.45) is -0.842. The number of aromatic nitrogens is 4. The zero-order valence-electron chi connectivity index (χ0n) is 36.7. The first-order valence-electron chi connectivity index (χ1n) is 20.5. The summed E-state index contributed by atoms with van der Waals surface area (Å²) >= 11 is 0. The second-order valence-electron chi connectivity index (χ2n) is 14.6. The maximum atomic E-state index is 13.5. The molecule has 3 amide bonds. The Morgan fingerprint density at radius 1 is 0.853 bits per heavy atom. The Hall–Kier alpha value is -7.45. The fourth-order valence-corrected chi connectivity index (χ4v) is 7.94. The number of Topliss-reactive ketones (excluding diaryl/α,β-unsaturated/α-hetero) is 2. The predicted molar refractivity (Wildman–Crippen MR) is 245 cm³/mol. The van der Waals surface area contributed by atoms with Gasteiger partial charge in [0.25, 0.3) is 11.5 Å². The zero-order valence-corrected chi connectivity index (χ0v) is 38.4. The third-order valence-electron chi connectivity index (χ3n) is 9.41. The number of hydrogen-bond acceptors (Lipinski definition) is 19. The molecule has 1 aromatic carbocycles. The molecule has 0 saturated carbocycles. The van der Waals surface area contributed by atoms with Gasteiger partial charge in [-0.25, -0.2) is 14.8 Å². The molecule has 0 saturated heterocycles. The van der Waals surface area contributed by atoms with Crippen LogP contribution in [0.3, 0.4) is 0 Å². The van der Waals surface area contributed by atoms with Crippen molar-refractivity contribution in [3.63, 3.8) is 0 Å². The molecular weight excluding hydrogens is 937 g/mol. The molecule has 368 valence electrons. The van der Waals surface area contributed by atoms with Crippen molar-refractivity contribution in [2.24, 2.45) is 28.3 Å². The SMILES string of the molecule is CCSSC[C@H](CC(=O)[C@H](CC(=O)O)NC(=O)[C@H](CCCN=C(N)N)CC(=O)[C@H](C)NC(=O)CC[C@H](NC(=O)c1ccc(NCc2cnc3nc(N)[nH]c(=O)c3n2)cc1)C(=O)O)C(=O)O.O=C=O. The first-order chi connectivity index (χ1) is 32.2. The van der Waals surface area contributed by atoms with Gasteiger partial charge in [0.05, 0.1) is 42.9 Å². The number of benzene rings is 1. The molecule has 68 heavy (non-hydrogen) atoms. The number of fused-ring (bicyclic) bond motifs is 1. The van der Waals surface area contributed by atoms with Crippen LogP contribution < -0.4 is 44.0 Å². The second-order valence-corrected chi connectivity index (χ2v) is 17.4. The van der Waals surface area contributed by atoms with E-state index < -0.39 is 108 Å². The predicted octanol–water partition coefficient (Wildman–Crippen LogP) is -0.558. The molecule has 0 bridgehead atoms. The number of aromatic amines is 1. The van der Waals surface area contributed by atoms with Crippen molar-refractivity contribution < 1.29 is 63.3 Å². The minimum absolute atomic E-state index is 0.00242. The van der Waals surface area contributed by atoms with Gasteiger partial charge < -0.3 is 53.8 Å². The number of amides is 3. The molecule has 0 aliphatic heterocycles. The summed E-state index contributed by atoms with van der Waals surface area (Å²) in [6.45, 7) is 3.41. The van der Waals surface area contributed by atoms with Gasteiger partial charge >= 0.3 is 24.1 Å². The van der Waals surface area contributed by atoms with Gasteiger partial charge in [-0.05, 0) is 50.5 Å². The Bertz CT molecular complexity index is 2390. The van der Waals surface area contributed by atoms with Crippen LogP contribution in [0.2, 0.25) is 0 Å². The van der Waals surface area contributed by atoms with Crippen LogP contribution in [0.4, 0.5) is 11.6 Å². The smallest absolute Gasteiger partial charge is 0.373 e. The number of guanidine groups is 1. The average molecular weight is 989 g/mol. The van der Waals surface area contributed by atoms with Crippen molar-refractivity contribution >= 4 is 104 Å². The highest BCUT2D eigenvalue weighted by atomic mass is 33.1. The van der Waals surface area contributed by atoms with E-state index in [9.17, 15) is 58.5 Å². The normalized spacial score (nSPS) is 12.8. The molecule has 0 radical (unpaired) electrons. The summed E-state index contributed by atoms with van der Waals surface area (Å²) < 4.78 is 0. The number of anilines is 2. The maximum Gasteiger partial charge on any atom is 0.373 e. The Morgan fingerprint density at radius 3 is 2.12 bits per heavy atom. The average Bonchev–Trinajstić information content (AvgIpc) is 3.27. The summed E-state index contributed by atoms with van der Waals surface area (Å²) in [4.78, 5) is 148. The molecule has 0 aliphatic carbocycles. The van der Waals surface area contributed by atoms with Gasteiger partial charge in [0, 0.05) is 54.5 Å². The molecular formula is C40H52N12O14S2. The summed E-state index contributed by atoms with van der Waals surface area (Å²) in [6, 6.07) is 1.67. The lowest BCUT2D eigenvalue weighted by Crippen LogP contribution is -2.47. The topological polar surface area (TPSA) is 441 Å². The third kappa shape index (κ3) is 20.4. The molecule has 28 heteroatoms. The molecule has 26 nitrogen and oxygen atoms in total. The Balaban J connectivity index is 0.00000514. The standard InChI is InChI=1S/C39H52N12O12S2.CO2/c1-3-64-65-18-22(36(60)61)14-28(53)26(15-30(55)56)49-34(58)21(5-4-12-43-38(40)41)13-27(52)19(2)46-29(54)11-10-25(37(62)63)48-33(57)20-6-8-23(9-7-20)44-16-24-17-45-32-31(47-24)35(59)51-39(42)50-32;2-1-3/h6-9,17,19,21-22,25-26,44H,3-5,10-16,18H2,1-2H3,(H,46,54)(H,48,57)(H,49,58)(H,55,56)(H,60,61)(H,62,63)(H4,40,41,43)(H3,42,45,50,51,59);/t19-,21+,22-,25-,26-;/m0./s1. The molecule has 5 atom stereocenters. The Labute approximate surface area is 394 Å². The van der Waals surface area contributed by atoms with Crippen LogP contribution in [-0.4, -0.2) is 131 Å². The minimum Gasteiger partial charge on any atom is -0.481 e. The van der Waals surface area contributed by atoms with Crippen molar-refractivity contribution in [2.45, 2.75) is 83.5 Å². The highest BCUT2D eigenvalue weighted by Crippen LogP contribution is 2.26. The highest BCUT2D eigenvalue weighted by Gasteiger charge is 2.33. The van der Waals surface area contributed by atoms with Crippen LogP contribution in [-0.2, 0) is 49.7 Å². The second kappa shape index (κ2) is 29.2. The molecule has 14 N–H and O–H groups in total. The molecule has 0 spiro atoms. The first-order valence-corrected chi connectivity index (χ1v) is 23.0. The number of nitrogens with one attached hydrogen (secondary N) is 5. The van der Waals surface area contributed by atoms with E-state index in [0.29, 0.717) is 17.1 Å². The van der Waals surface area contributed by atoms with Gasteiger partial charge in [0.15, 0.2) is 28.7 Å². The quantitative estimate of drug-likeness (QED) is 0.0180. The molecule has 2 aromatic heterocycles. The Morgan fingerprint density at radius 2 is 1.51 bits per heavy atom.